The van der Waals surface area contributed by atoms with Crippen LogP contribution in [0.25, 0.3) is 0 Å². The van der Waals surface area contributed by atoms with E-state index in [1.807, 2.05) is 0 Å². The number of carboxylic acids is 1. The van der Waals surface area contributed by atoms with Crippen LogP contribution in [0.5, 0.6) is 0 Å². The molecule has 0 aliphatic rings. The lowest BCUT2D eigenvalue weighted by atomic mass is 10.4. The Labute approximate surface area is 119 Å². The van der Waals surface area contributed by atoms with Crippen molar-refractivity contribution in [3.63, 3.8) is 0 Å². The summed E-state index contributed by atoms with van der Waals surface area (Å²) in [5.74, 6) is -1.13. The summed E-state index contributed by atoms with van der Waals surface area (Å²) < 4.78 is 28.7. The molecule has 112 valence electrons. The Hall–Kier alpha value is -2.62. The van der Waals surface area contributed by atoms with Gasteiger partial charge in [-0.2, -0.15) is 5.10 Å². The maximum absolute atomic E-state index is 12.1. The van der Waals surface area contributed by atoms with E-state index in [0.29, 0.717) is 0 Å². The molecular weight excluding hydrogens is 300 g/mol. The van der Waals surface area contributed by atoms with Gasteiger partial charge in [0.25, 0.3) is 10.0 Å². The summed E-state index contributed by atoms with van der Waals surface area (Å²) in [5.41, 5.74) is -0.0599. The predicted molar refractivity (Wildman–Crippen MR) is 72.4 cm³/mol. The third kappa shape index (κ3) is 3.48. The number of hydrogen-bond donors (Lipinski definition) is 2. The van der Waals surface area contributed by atoms with E-state index in [4.69, 9.17) is 5.11 Å². The lowest BCUT2D eigenvalue weighted by Gasteiger charge is -2.07. The van der Waals surface area contributed by atoms with Crippen molar-refractivity contribution in [2.75, 3.05) is 4.72 Å². The number of sulfonamides is 1. The Bertz CT molecular complexity index is 836. The van der Waals surface area contributed by atoms with E-state index in [1.165, 1.54) is 29.9 Å². The van der Waals surface area contributed by atoms with Crippen LogP contribution in [0, 0.1) is 0 Å². The van der Waals surface area contributed by atoms with Crippen LogP contribution in [-0.2, 0) is 28.4 Å². The molecule has 2 rings (SSSR count). The molecule has 2 aromatic heterocycles. The van der Waals surface area contributed by atoms with Crippen LogP contribution in [0.15, 0.2) is 40.4 Å². The number of aromatic nitrogens is 3. The minimum absolute atomic E-state index is 0.169. The van der Waals surface area contributed by atoms with Gasteiger partial charge in [0.15, 0.2) is 0 Å². The lowest BCUT2D eigenvalue weighted by Crippen LogP contribution is -2.18. The normalized spacial score (nSPS) is 11.3. The van der Waals surface area contributed by atoms with Crippen molar-refractivity contribution < 1.29 is 18.3 Å². The summed E-state index contributed by atoms with van der Waals surface area (Å²) in [7, 11) is -2.41. The number of pyridine rings is 1. The van der Waals surface area contributed by atoms with Crippen LogP contribution >= 0.6 is 0 Å². The topological polar surface area (TPSA) is 123 Å². The summed E-state index contributed by atoms with van der Waals surface area (Å²) >= 11 is 0. The molecule has 2 N–H and O–H groups in total. The van der Waals surface area contributed by atoms with Gasteiger partial charge < -0.3 is 9.67 Å². The average molecular weight is 312 g/mol. The van der Waals surface area contributed by atoms with Gasteiger partial charge in [0.2, 0.25) is 5.56 Å². The Morgan fingerprint density at radius 2 is 2.10 bits per heavy atom. The second kappa shape index (κ2) is 5.40. The number of hydrogen-bond acceptors (Lipinski definition) is 5. The van der Waals surface area contributed by atoms with Crippen LogP contribution in [0.4, 0.5) is 5.69 Å². The smallest absolute Gasteiger partial charge is 0.325 e. The zero-order valence-electron chi connectivity index (χ0n) is 10.9. The average Bonchev–Trinajstić information content (AvgIpc) is 2.82. The Balaban J connectivity index is 2.25. The first-order valence-corrected chi connectivity index (χ1v) is 7.20. The zero-order valence-corrected chi connectivity index (χ0v) is 11.7. The lowest BCUT2D eigenvalue weighted by molar-refractivity contribution is -0.137. The fourth-order valence-corrected chi connectivity index (χ4v) is 2.57. The molecule has 0 saturated carbocycles. The van der Waals surface area contributed by atoms with E-state index in [0.717, 1.165) is 17.1 Å². The van der Waals surface area contributed by atoms with Gasteiger partial charge in [-0.1, -0.05) is 0 Å². The van der Waals surface area contributed by atoms with Gasteiger partial charge in [0.05, 0.1) is 11.9 Å². The van der Waals surface area contributed by atoms with Gasteiger partial charge in [-0.15, -0.1) is 0 Å². The number of carboxylic acid groups (broad SMARTS) is 1. The molecule has 9 nitrogen and oxygen atoms in total. The number of rotatable bonds is 5. The number of anilines is 1. The molecule has 10 heteroatoms. The quantitative estimate of drug-likeness (QED) is 0.765. The molecule has 0 fully saturated rings. The second-order valence-electron chi connectivity index (χ2n) is 4.24. The fraction of sp³-hybridized carbons (Fsp3) is 0.182. The summed E-state index contributed by atoms with van der Waals surface area (Å²) in [6.45, 7) is -0.435. The van der Waals surface area contributed by atoms with E-state index < -0.39 is 22.5 Å². The maximum Gasteiger partial charge on any atom is 0.325 e. The fourth-order valence-electron chi connectivity index (χ4n) is 1.58. The number of nitrogens with zero attached hydrogens (tertiary/aromatic N) is 3. The number of aryl methyl sites for hydroxylation is 1. The van der Waals surface area contributed by atoms with Crippen LogP contribution in [0.1, 0.15) is 0 Å². The van der Waals surface area contributed by atoms with Gasteiger partial charge in [-0.3, -0.25) is 19.0 Å². The number of aliphatic carboxylic acids is 1. The summed E-state index contributed by atoms with van der Waals surface area (Å²) in [6, 6.07) is 2.56. The Morgan fingerprint density at radius 1 is 1.38 bits per heavy atom. The predicted octanol–water partition coefficient (Wildman–Crippen LogP) is -0.533. The summed E-state index contributed by atoms with van der Waals surface area (Å²) in [6.07, 6.45) is 3.49. The van der Waals surface area contributed by atoms with Gasteiger partial charge >= 0.3 is 5.97 Å². The van der Waals surface area contributed by atoms with E-state index in [9.17, 15) is 18.0 Å². The van der Waals surface area contributed by atoms with Crippen molar-refractivity contribution in [3.8, 4) is 0 Å². The highest BCUT2D eigenvalue weighted by Crippen LogP contribution is 2.13. The molecular formula is C11H12N4O5S. The SMILES string of the molecule is Cn1cc(NS(=O)(=O)c2cnn(CC(=O)O)c2)ccc1=O. The molecule has 0 bridgehead atoms. The molecule has 0 aliphatic heterocycles. The van der Waals surface area contributed by atoms with Gasteiger partial charge in [-0.25, -0.2) is 8.42 Å². The molecule has 0 amide bonds. The standard InChI is InChI=1S/C11H12N4O5S/c1-14-5-8(2-3-10(14)16)13-21(19,20)9-4-12-15(6-9)7-11(17)18/h2-6,13H,7H2,1H3,(H,17,18). The van der Waals surface area contributed by atoms with E-state index in [2.05, 4.69) is 9.82 Å². The minimum Gasteiger partial charge on any atom is -0.480 e. The van der Waals surface area contributed by atoms with Gasteiger partial charge in [0, 0.05) is 25.5 Å². The Kier molecular flexibility index (Phi) is 3.80. The highest BCUT2D eigenvalue weighted by molar-refractivity contribution is 7.92. The van der Waals surface area contributed by atoms with E-state index >= 15 is 0 Å². The molecule has 0 aromatic carbocycles. The maximum atomic E-state index is 12.1. The van der Waals surface area contributed by atoms with Crippen molar-refractivity contribution in [1.82, 2.24) is 14.3 Å². The van der Waals surface area contributed by atoms with E-state index in [-0.39, 0.29) is 16.1 Å². The Morgan fingerprint density at radius 3 is 2.71 bits per heavy atom. The van der Waals surface area contributed by atoms with Crippen LogP contribution in [0.3, 0.4) is 0 Å². The number of nitrogens with one attached hydrogen (secondary N) is 1. The van der Waals surface area contributed by atoms with Gasteiger partial charge in [0.1, 0.15) is 11.4 Å². The minimum atomic E-state index is -3.90. The largest absolute Gasteiger partial charge is 0.480 e. The van der Waals surface area contributed by atoms with Crippen LogP contribution < -0.4 is 10.3 Å². The molecule has 0 unspecified atom stereocenters. The summed E-state index contributed by atoms with van der Waals surface area (Å²) in [4.78, 5) is 21.6. The van der Waals surface area contributed by atoms with E-state index in [1.54, 1.807) is 0 Å². The molecule has 0 saturated heterocycles. The third-order valence-corrected chi connectivity index (χ3v) is 3.89. The first kappa shape index (κ1) is 14.8. The third-order valence-electron chi connectivity index (χ3n) is 2.56. The molecule has 0 atom stereocenters. The van der Waals surface area contributed by atoms with Crippen LogP contribution in [0.2, 0.25) is 0 Å². The van der Waals surface area contributed by atoms with Crippen molar-refractivity contribution in [3.05, 3.63) is 41.1 Å². The first-order valence-electron chi connectivity index (χ1n) is 5.72. The van der Waals surface area contributed by atoms with Crippen molar-refractivity contribution in [2.45, 2.75) is 11.4 Å². The molecule has 2 aromatic rings. The molecule has 0 radical (unpaired) electrons. The molecule has 0 aliphatic carbocycles. The first-order chi connectivity index (χ1) is 9.78. The second-order valence-corrected chi connectivity index (χ2v) is 5.92. The monoisotopic (exact) mass is 312 g/mol. The van der Waals surface area contributed by atoms with Crippen molar-refractivity contribution in [2.24, 2.45) is 7.05 Å². The highest BCUT2D eigenvalue weighted by Gasteiger charge is 2.17. The molecule has 0 spiro atoms. The van der Waals surface area contributed by atoms with Crippen molar-refractivity contribution >= 4 is 21.7 Å². The molecule has 21 heavy (non-hydrogen) atoms. The zero-order chi connectivity index (χ0) is 15.6. The highest BCUT2D eigenvalue weighted by atomic mass is 32.2. The number of carbonyl (C=O) groups is 1. The molecule has 2 heterocycles. The van der Waals surface area contributed by atoms with Crippen LogP contribution in [-0.4, -0.2) is 33.8 Å². The van der Waals surface area contributed by atoms with Crippen molar-refractivity contribution in [1.29, 1.82) is 0 Å². The summed E-state index contributed by atoms with van der Waals surface area (Å²) in [5, 5.41) is 12.3. The van der Waals surface area contributed by atoms with Gasteiger partial charge in [-0.05, 0) is 6.07 Å².